The second-order valence-corrected chi connectivity index (χ2v) is 9.00. The molecule has 0 bridgehead atoms. The molecule has 0 atom stereocenters. The van der Waals surface area contributed by atoms with Crippen molar-refractivity contribution in [2.75, 3.05) is 26.2 Å². The number of pyridine rings is 1. The summed E-state index contributed by atoms with van der Waals surface area (Å²) in [5, 5.41) is 8.10. The van der Waals surface area contributed by atoms with Crippen molar-refractivity contribution in [3.63, 3.8) is 0 Å². The number of hydrogen-bond donors (Lipinski definition) is 1. The number of carbonyl (C=O) groups excluding carboxylic acids is 1. The molecule has 1 aliphatic heterocycles. The third kappa shape index (κ3) is 5.50. The Kier molecular flexibility index (Phi) is 6.53. The van der Waals surface area contributed by atoms with Crippen LogP contribution in [0.1, 0.15) is 60.6 Å². The molecule has 7 nitrogen and oxygen atoms in total. The quantitative estimate of drug-likeness (QED) is 0.488. The number of likely N-dealkylation sites (tertiary alicyclic amines) is 1. The number of amides is 1. The van der Waals surface area contributed by atoms with Crippen LogP contribution in [0.2, 0.25) is 0 Å². The van der Waals surface area contributed by atoms with Gasteiger partial charge in [-0.3, -0.25) is 9.78 Å². The molecule has 1 saturated heterocycles. The first-order chi connectivity index (χ1) is 16.2. The van der Waals surface area contributed by atoms with E-state index in [1.165, 1.54) is 12.1 Å². The molecule has 2 aliphatic rings. The van der Waals surface area contributed by atoms with E-state index < -0.39 is 0 Å². The molecule has 1 saturated carbocycles. The summed E-state index contributed by atoms with van der Waals surface area (Å²) in [6, 6.07) is 8.46. The van der Waals surface area contributed by atoms with Gasteiger partial charge in [-0.25, -0.2) is 4.39 Å². The van der Waals surface area contributed by atoms with E-state index in [9.17, 15) is 9.18 Å². The highest BCUT2D eigenvalue weighted by Gasteiger charge is 2.25. The van der Waals surface area contributed by atoms with Crippen molar-refractivity contribution in [1.29, 1.82) is 0 Å². The van der Waals surface area contributed by atoms with Crippen LogP contribution in [0.25, 0.3) is 11.0 Å². The number of fused-ring (bicyclic) bond motifs is 1. The van der Waals surface area contributed by atoms with Crippen LogP contribution < -0.4 is 10.1 Å². The molecule has 3 heterocycles. The molecule has 2 aromatic heterocycles. The Morgan fingerprint density at radius 2 is 2.00 bits per heavy atom. The highest BCUT2D eigenvalue weighted by Crippen LogP contribution is 2.32. The first-order valence-corrected chi connectivity index (χ1v) is 11.8. The zero-order valence-electron chi connectivity index (χ0n) is 18.6. The molecule has 1 N–H and O–H groups in total. The number of piperidine rings is 1. The fraction of sp³-hybridized carbons (Fsp3) is 0.480. The van der Waals surface area contributed by atoms with Gasteiger partial charge >= 0.3 is 0 Å². The predicted molar refractivity (Wildman–Crippen MR) is 122 cm³/mol. The van der Waals surface area contributed by atoms with Crippen molar-refractivity contribution >= 4 is 16.9 Å². The lowest BCUT2D eigenvalue weighted by Gasteiger charge is -2.31. The maximum atomic E-state index is 13.4. The minimum Gasteiger partial charge on any atom is -0.493 e. The molecule has 1 amide bonds. The van der Waals surface area contributed by atoms with Crippen molar-refractivity contribution in [1.82, 2.24) is 20.4 Å². The van der Waals surface area contributed by atoms with Gasteiger partial charge in [0.1, 0.15) is 17.3 Å². The van der Waals surface area contributed by atoms with Gasteiger partial charge in [-0.15, -0.1) is 0 Å². The molecule has 3 aromatic rings. The summed E-state index contributed by atoms with van der Waals surface area (Å²) in [5.74, 6) is 0.616. The molecule has 5 rings (SSSR count). The molecule has 0 radical (unpaired) electrons. The average molecular weight is 453 g/mol. The summed E-state index contributed by atoms with van der Waals surface area (Å²) in [5.41, 5.74) is 1.89. The standard InChI is InChI=1S/C25H29FN4O3/c26-18-3-6-21-23(15-18)33-29-24(21)17-8-12-30(13-9-17)11-1-2-14-32-20-7-10-27-22(16-20)25(31)28-19-4-5-19/h3,6-7,10,15-17,19H,1-2,4-5,8-9,11-14H2,(H,28,31). The number of nitrogens with one attached hydrogen (secondary N) is 1. The normalized spacial score (nSPS) is 17.4. The monoisotopic (exact) mass is 452 g/mol. The SMILES string of the molecule is O=C(NC1CC1)c1cc(OCCCCN2CCC(c3noc4cc(F)ccc34)CC2)ccn1. The average Bonchev–Trinajstić information content (AvgIpc) is 3.55. The molecular formula is C25H29FN4O3. The van der Waals surface area contributed by atoms with Crippen molar-refractivity contribution < 1.29 is 18.4 Å². The van der Waals surface area contributed by atoms with Gasteiger partial charge in [0.05, 0.1) is 12.3 Å². The predicted octanol–water partition coefficient (Wildman–Crippen LogP) is 4.29. The van der Waals surface area contributed by atoms with Crippen molar-refractivity contribution in [3.8, 4) is 5.75 Å². The van der Waals surface area contributed by atoms with Gasteiger partial charge in [-0.2, -0.15) is 0 Å². The van der Waals surface area contributed by atoms with Crippen LogP contribution in [0.15, 0.2) is 41.1 Å². The van der Waals surface area contributed by atoms with Crippen LogP contribution in [-0.2, 0) is 0 Å². The first-order valence-electron chi connectivity index (χ1n) is 11.8. The van der Waals surface area contributed by atoms with Crippen LogP contribution in [-0.4, -0.2) is 53.2 Å². The fourth-order valence-corrected chi connectivity index (χ4v) is 4.39. The Morgan fingerprint density at radius 1 is 1.15 bits per heavy atom. The zero-order valence-corrected chi connectivity index (χ0v) is 18.6. The Bertz CT molecular complexity index is 1110. The van der Waals surface area contributed by atoms with E-state index in [1.807, 2.05) is 0 Å². The topological polar surface area (TPSA) is 80.5 Å². The molecule has 1 aliphatic carbocycles. The smallest absolute Gasteiger partial charge is 0.270 e. The van der Waals surface area contributed by atoms with Crippen LogP contribution in [0.3, 0.4) is 0 Å². The third-order valence-electron chi connectivity index (χ3n) is 6.45. The van der Waals surface area contributed by atoms with Crippen LogP contribution >= 0.6 is 0 Å². The lowest BCUT2D eigenvalue weighted by Crippen LogP contribution is -2.34. The third-order valence-corrected chi connectivity index (χ3v) is 6.45. The van der Waals surface area contributed by atoms with Crippen LogP contribution in [0.4, 0.5) is 4.39 Å². The van der Waals surface area contributed by atoms with Crippen molar-refractivity contribution in [2.24, 2.45) is 0 Å². The molecule has 174 valence electrons. The molecule has 2 fully saturated rings. The number of benzene rings is 1. The highest BCUT2D eigenvalue weighted by molar-refractivity contribution is 5.93. The summed E-state index contributed by atoms with van der Waals surface area (Å²) in [7, 11) is 0. The molecule has 1 aromatic carbocycles. The molecular weight excluding hydrogens is 423 g/mol. The van der Waals surface area contributed by atoms with E-state index in [0.717, 1.165) is 69.2 Å². The number of ether oxygens (including phenoxy) is 1. The van der Waals surface area contributed by atoms with Crippen molar-refractivity contribution in [2.45, 2.75) is 50.5 Å². The number of halogens is 1. The maximum absolute atomic E-state index is 13.4. The Hall–Kier alpha value is -3.00. The molecule has 0 unspecified atom stereocenters. The molecule has 0 spiro atoms. The van der Waals surface area contributed by atoms with E-state index in [-0.39, 0.29) is 11.7 Å². The first kappa shape index (κ1) is 21.8. The number of nitrogens with zero attached hydrogens (tertiary/aromatic N) is 3. The minimum atomic E-state index is -0.299. The van der Waals surface area contributed by atoms with Gasteiger partial charge in [-0.05, 0) is 76.4 Å². The number of rotatable bonds is 9. The van der Waals surface area contributed by atoms with Gasteiger partial charge in [0.25, 0.3) is 5.91 Å². The lowest BCUT2D eigenvalue weighted by atomic mass is 9.91. The number of unbranched alkanes of at least 4 members (excludes halogenated alkanes) is 1. The number of carbonyl (C=O) groups is 1. The van der Waals surface area contributed by atoms with E-state index in [0.29, 0.717) is 35.6 Å². The molecule has 8 heteroatoms. The Labute approximate surface area is 192 Å². The summed E-state index contributed by atoms with van der Waals surface area (Å²) in [6.07, 6.45) is 7.78. The van der Waals surface area contributed by atoms with E-state index >= 15 is 0 Å². The van der Waals surface area contributed by atoms with Crippen LogP contribution in [0.5, 0.6) is 5.75 Å². The van der Waals surface area contributed by atoms with E-state index in [2.05, 4.69) is 20.4 Å². The second kappa shape index (κ2) is 9.87. The maximum Gasteiger partial charge on any atom is 0.270 e. The summed E-state index contributed by atoms with van der Waals surface area (Å²) < 4.78 is 24.6. The Balaban J connectivity index is 1.02. The van der Waals surface area contributed by atoms with Crippen LogP contribution in [0, 0.1) is 5.82 Å². The van der Waals surface area contributed by atoms with E-state index in [4.69, 9.17) is 9.26 Å². The van der Waals surface area contributed by atoms with Gasteiger partial charge in [0.2, 0.25) is 0 Å². The lowest BCUT2D eigenvalue weighted by molar-refractivity contribution is 0.0945. The number of aromatic nitrogens is 2. The largest absolute Gasteiger partial charge is 0.493 e. The molecule has 33 heavy (non-hydrogen) atoms. The van der Waals surface area contributed by atoms with Gasteiger partial charge in [0.15, 0.2) is 5.58 Å². The van der Waals surface area contributed by atoms with Crippen molar-refractivity contribution in [3.05, 3.63) is 53.7 Å². The highest BCUT2D eigenvalue weighted by atomic mass is 19.1. The number of hydrogen-bond acceptors (Lipinski definition) is 6. The minimum absolute atomic E-state index is 0.128. The van der Waals surface area contributed by atoms with Gasteiger partial charge in [-0.1, -0.05) is 5.16 Å². The summed E-state index contributed by atoms with van der Waals surface area (Å²) >= 11 is 0. The van der Waals surface area contributed by atoms with Gasteiger partial charge < -0.3 is 19.5 Å². The van der Waals surface area contributed by atoms with E-state index in [1.54, 1.807) is 24.4 Å². The fourth-order valence-electron chi connectivity index (χ4n) is 4.39. The summed E-state index contributed by atoms with van der Waals surface area (Å²) in [4.78, 5) is 18.7. The Morgan fingerprint density at radius 3 is 2.82 bits per heavy atom. The second-order valence-electron chi connectivity index (χ2n) is 9.00. The summed E-state index contributed by atoms with van der Waals surface area (Å²) in [6.45, 7) is 3.69. The van der Waals surface area contributed by atoms with Gasteiger partial charge in [0, 0.05) is 35.7 Å². The zero-order chi connectivity index (χ0) is 22.6.